The van der Waals surface area contributed by atoms with Gasteiger partial charge in [-0.05, 0) is 67.8 Å². The molecule has 1 aliphatic heterocycles. The number of carboxylic acids is 2. The van der Waals surface area contributed by atoms with Crippen LogP contribution in [0.1, 0.15) is 45.1 Å². The van der Waals surface area contributed by atoms with Gasteiger partial charge in [0.1, 0.15) is 0 Å². The number of rotatable bonds is 5. The number of aliphatic carboxylic acids is 2. The second-order valence-electron chi connectivity index (χ2n) is 8.99. The van der Waals surface area contributed by atoms with E-state index in [-0.39, 0.29) is 0 Å². The third-order valence-corrected chi connectivity index (χ3v) is 5.54. The Morgan fingerprint density at radius 3 is 1.83 bits per heavy atom. The Bertz CT molecular complexity index is 762. The molecule has 1 spiro atoms. The molecule has 1 aromatic heterocycles. The third-order valence-electron chi connectivity index (χ3n) is 5.54. The van der Waals surface area contributed by atoms with Crippen LogP contribution in [0.15, 0.2) is 24.5 Å². The number of pyridine rings is 1. The normalized spacial score (nSPS) is 18.1. The minimum atomic E-state index is -5.08. The molecule has 2 aliphatic rings. The van der Waals surface area contributed by atoms with Crippen LogP contribution in [0.2, 0.25) is 0 Å². The number of hydrogen-bond donors (Lipinski definition) is 2. The maximum atomic E-state index is 10.6. The molecular formula is C22H30F6N2O5. The first-order chi connectivity index (χ1) is 16.0. The third kappa shape index (κ3) is 11.7. The van der Waals surface area contributed by atoms with E-state index in [9.17, 15) is 26.3 Å². The summed E-state index contributed by atoms with van der Waals surface area (Å²) in [4.78, 5) is 24.5. The molecule has 200 valence electrons. The lowest BCUT2D eigenvalue weighted by Gasteiger charge is -2.52. The van der Waals surface area contributed by atoms with E-state index in [1.54, 1.807) is 0 Å². The van der Waals surface area contributed by atoms with E-state index >= 15 is 0 Å². The zero-order valence-electron chi connectivity index (χ0n) is 19.4. The molecule has 2 N–H and O–H groups in total. The molecule has 0 radical (unpaired) electrons. The summed E-state index contributed by atoms with van der Waals surface area (Å²) in [5.74, 6) is -4.86. The number of piperidine rings is 1. The summed E-state index contributed by atoms with van der Waals surface area (Å²) in [7, 11) is 0. The molecule has 0 bridgehead atoms. The van der Waals surface area contributed by atoms with E-state index in [4.69, 9.17) is 24.5 Å². The highest BCUT2D eigenvalue weighted by molar-refractivity contribution is 5.73. The highest BCUT2D eigenvalue weighted by Gasteiger charge is 2.46. The average molecular weight is 516 g/mol. The van der Waals surface area contributed by atoms with Crippen LogP contribution in [0.4, 0.5) is 26.3 Å². The Morgan fingerprint density at radius 1 is 1.03 bits per heavy atom. The van der Waals surface area contributed by atoms with Crippen LogP contribution < -0.4 is 0 Å². The highest BCUT2D eigenvalue weighted by Crippen LogP contribution is 2.50. The van der Waals surface area contributed by atoms with E-state index < -0.39 is 24.3 Å². The number of alkyl halides is 6. The molecule has 2 fully saturated rings. The van der Waals surface area contributed by atoms with Crippen molar-refractivity contribution in [2.45, 2.75) is 64.5 Å². The van der Waals surface area contributed by atoms with Gasteiger partial charge in [-0.1, -0.05) is 13.8 Å². The number of likely N-dealkylation sites (tertiary alicyclic amines) is 1. The first-order valence-electron chi connectivity index (χ1n) is 10.9. The maximum absolute atomic E-state index is 10.6. The predicted molar refractivity (Wildman–Crippen MR) is 112 cm³/mol. The fraction of sp³-hybridized carbons (Fsp3) is 0.682. The van der Waals surface area contributed by atoms with Crippen LogP contribution in [0, 0.1) is 11.3 Å². The quantitative estimate of drug-likeness (QED) is 0.544. The molecular weight excluding hydrogens is 486 g/mol. The molecule has 1 saturated heterocycles. The summed E-state index contributed by atoms with van der Waals surface area (Å²) in [6.07, 6.45) is -0.559. The van der Waals surface area contributed by atoms with Crippen LogP contribution in [0.3, 0.4) is 0 Å². The van der Waals surface area contributed by atoms with Gasteiger partial charge >= 0.3 is 24.3 Å². The van der Waals surface area contributed by atoms with Gasteiger partial charge in [0.15, 0.2) is 0 Å². The minimum Gasteiger partial charge on any atom is -0.475 e. The molecule has 7 nitrogen and oxygen atoms in total. The van der Waals surface area contributed by atoms with Gasteiger partial charge in [-0.2, -0.15) is 26.3 Å². The summed E-state index contributed by atoms with van der Waals surface area (Å²) in [6.45, 7) is 8.93. The Morgan fingerprint density at radius 2 is 1.46 bits per heavy atom. The molecule has 0 atom stereocenters. The number of carbonyl (C=O) groups is 2. The van der Waals surface area contributed by atoms with Gasteiger partial charge in [-0.15, -0.1) is 0 Å². The number of aromatic nitrogens is 1. The molecule has 0 unspecified atom stereocenters. The number of hydrogen-bond acceptors (Lipinski definition) is 5. The largest absolute Gasteiger partial charge is 0.490 e. The lowest BCUT2D eigenvalue weighted by molar-refractivity contribution is -0.193. The van der Waals surface area contributed by atoms with E-state index in [1.807, 2.05) is 12.4 Å². The SMILES string of the molecule is CC(C)COC1CC2(CCN(Cc3ccncc3)CC2)C1.O=C(O)C(F)(F)F.O=C(O)C(F)(F)F. The van der Waals surface area contributed by atoms with Gasteiger partial charge in [0.05, 0.1) is 6.10 Å². The van der Waals surface area contributed by atoms with E-state index in [0.717, 1.165) is 13.2 Å². The number of halogens is 6. The highest BCUT2D eigenvalue weighted by atomic mass is 19.4. The van der Waals surface area contributed by atoms with Gasteiger partial charge in [0.2, 0.25) is 0 Å². The second kappa shape index (κ2) is 13.1. The fourth-order valence-electron chi connectivity index (χ4n) is 3.69. The van der Waals surface area contributed by atoms with Crippen molar-refractivity contribution < 1.29 is 50.9 Å². The average Bonchev–Trinajstić information content (AvgIpc) is 2.72. The molecule has 2 heterocycles. The van der Waals surface area contributed by atoms with Crippen LogP contribution in [-0.2, 0) is 20.9 Å². The molecule has 1 saturated carbocycles. The van der Waals surface area contributed by atoms with Crippen LogP contribution in [-0.4, -0.2) is 70.2 Å². The molecule has 1 aromatic rings. The molecule has 35 heavy (non-hydrogen) atoms. The van der Waals surface area contributed by atoms with Crippen molar-refractivity contribution in [1.29, 1.82) is 0 Å². The summed E-state index contributed by atoms with van der Waals surface area (Å²) < 4.78 is 69.4. The first-order valence-corrected chi connectivity index (χ1v) is 10.9. The van der Waals surface area contributed by atoms with Crippen molar-refractivity contribution in [1.82, 2.24) is 9.88 Å². The van der Waals surface area contributed by atoms with Crippen molar-refractivity contribution in [3.05, 3.63) is 30.1 Å². The zero-order valence-corrected chi connectivity index (χ0v) is 19.4. The minimum absolute atomic E-state index is 0.541. The lowest BCUT2D eigenvalue weighted by Crippen LogP contribution is -2.49. The number of carboxylic acid groups (broad SMARTS) is 2. The van der Waals surface area contributed by atoms with Gasteiger partial charge in [0, 0.05) is 25.5 Å². The first kappa shape index (κ1) is 30.6. The Balaban J connectivity index is 0.000000362. The molecule has 3 rings (SSSR count). The van der Waals surface area contributed by atoms with Crippen molar-refractivity contribution in [2.75, 3.05) is 19.7 Å². The monoisotopic (exact) mass is 516 g/mol. The van der Waals surface area contributed by atoms with Crippen LogP contribution in [0.25, 0.3) is 0 Å². The molecule has 0 aromatic carbocycles. The van der Waals surface area contributed by atoms with Gasteiger partial charge in [-0.25, -0.2) is 9.59 Å². The fourth-order valence-corrected chi connectivity index (χ4v) is 3.69. The van der Waals surface area contributed by atoms with Crippen molar-refractivity contribution in [3.63, 3.8) is 0 Å². The van der Waals surface area contributed by atoms with Gasteiger partial charge in [0.25, 0.3) is 0 Å². The van der Waals surface area contributed by atoms with E-state index in [2.05, 4.69) is 35.9 Å². The summed E-state index contributed by atoms with van der Waals surface area (Å²) in [6, 6.07) is 4.26. The van der Waals surface area contributed by atoms with Gasteiger partial charge < -0.3 is 14.9 Å². The van der Waals surface area contributed by atoms with Crippen molar-refractivity contribution in [2.24, 2.45) is 11.3 Å². The summed E-state index contributed by atoms with van der Waals surface area (Å²) >= 11 is 0. The topological polar surface area (TPSA) is 100.0 Å². The number of nitrogens with zero attached hydrogens (tertiary/aromatic N) is 2. The van der Waals surface area contributed by atoms with E-state index in [0.29, 0.717) is 17.4 Å². The van der Waals surface area contributed by atoms with Crippen LogP contribution in [0.5, 0.6) is 0 Å². The summed E-state index contributed by atoms with van der Waals surface area (Å²) in [5.41, 5.74) is 1.99. The Kier molecular flexibility index (Phi) is 11.4. The number of ether oxygens (including phenoxy) is 1. The Labute approximate surface area is 199 Å². The van der Waals surface area contributed by atoms with E-state index in [1.165, 1.54) is 44.3 Å². The smallest absolute Gasteiger partial charge is 0.475 e. The molecule has 0 amide bonds. The summed E-state index contributed by atoms with van der Waals surface area (Å²) in [5, 5.41) is 14.2. The van der Waals surface area contributed by atoms with Gasteiger partial charge in [-0.3, -0.25) is 9.88 Å². The predicted octanol–water partition coefficient (Wildman–Crippen LogP) is 4.77. The molecule has 13 heteroatoms. The molecule has 1 aliphatic carbocycles. The maximum Gasteiger partial charge on any atom is 0.490 e. The second-order valence-corrected chi connectivity index (χ2v) is 8.99. The zero-order chi connectivity index (χ0) is 26.9. The van der Waals surface area contributed by atoms with Crippen molar-refractivity contribution in [3.8, 4) is 0 Å². The lowest BCUT2D eigenvalue weighted by atomic mass is 9.61. The van der Waals surface area contributed by atoms with Crippen molar-refractivity contribution >= 4 is 11.9 Å². The Hall–Kier alpha value is -2.41. The van der Waals surface area contributed by atoms with Crippen LogP contribution >= 0.6 is 0 Å². The standard InChI is InChI=1S/C18H28N2O.2C2HF3O2/c1-15(2)14-21-17-11-18(12-17)5-9-20(10-6-18)13-16-3-7-19-8-4-16;2*3-2(4,5)1(6)7/h3-4,7-8,15,17H,5-6,9-14H2,1-2H3;2*(H,6,7).